The van der Waals surface area contributed by atoms with Crippen molar-refractivity contribution in [3.63, 3.8) is 0 Å². The van der Waals surface area contributed by atoms with Gasteiger partial charge in [-0.05, 0) is 93.0 Å². The first-order valence-electron chi connectivity index (χ1n) is 41.3. The maximum Gasteiger partial charge on any atom is 0.160 e. The van der Waals surface area contributed by atoms with E-state index < -0.39 is 0 Å². The summed E-state index contributed by atoms with van der Waals surface area (Å²) in [7, 11) is 0. The fourth-order valence-electron chi connectivity index (χ4n) is 17.0. The van der Waals surface area contributed by atoms with Gasteiger partial charge in [0, 0.05) is 98.7 Å². The molecule has 0 aliphatic carbocycles. The Morgan fingerprint density at radius 1 is 0.146 bits per heavy atom. The van der Waals surface area contributed by atoms with Gasteiger partial charge in [0.2, 0.25) is 0 Å². The molecule has 0 unspecified atom stereocenters. The first-order valence-corrected chi connectivity index (χ1v) is 41.3. The molecule has 0 saturated heterocycles. The second-order valence-electron chi connectivity index (χ2n) is 30.6. The Morgan fingerprint density at radius 3 is 0.886 bits per heavy atom. The van der Waals surface area contributed by atoms with Crippen LogP contribution in [0.15, 0.2) is 450 Å². The zero-order valence-electron chi connectivity index (χ0n) is 66.5. The summed E-state index contributed by atoms with van der Waals surface area (Å²) in [4.78, 5) is 30.4. The van der Waals surface area contributed by atoms with Crippen LogP contribution in [0, 0.1) is 0 Å². The number of aromatic nitrogens is 6. The third-order valence-electron chi connectivity index (χ3n) is 23.1. The van der Waals surface area contributed by atoms with E-state index in [9.17, 15) is 0 Å². The predicted molar refractivity (Wildman–Crippen MR) is 506 cm³/mol. The van der Waals surface area contributed by atoms with Gasteiger partial charge < -0.3 is 13.3 Å². The predicted octanol–water partition coefficient (Wildman–Crippen LogP) is 30.6. The van der Waals surface area contributed by atoms with Gasteiger partial charge in [0.05, 0.1) is 44.8 Å². The van der Waals surface area contributed by atoms with E-state index >= 15 is 0 Å². The molecular weight excluding hydrogens is 1500 g/mol. The van der Waals surface area contributed by atoms with Gasteiger partial charge in [0.25, 0.3) is 0 Å². The number of para-hydroxylation sites is 7. The zero-order valence-corrected chi connectivity index (χ0v) is 66.5. The van der Waals surface area contributed by atoms with E-state index in [2.05, 4.69) is 297 Å². The van der Waals surface area contributed by atoms with Crippen LogP contribution in [0.4, 0.5) is 0 Å². The van der Waals surface area contributed by atoms with E-state index in [-0.39, 0.29) is 0 Å². The van der Waals surface area contributed by atoms with Gasteiger partial charge in [-0.15, -0.1) is 0 Å². The highest BCUT2D eigenvalue weighted by Crippen LogP contribution is 2.44. The Kier molecular flexibility index (Phi) is 18.8. The monoisotopic (exact) mass is 1570 g/mol. The Labute approximate surface area is 708 Å². The van der Waals surface area contributed by atoms with Gasteiger partial charge in [-0.3, -0.25) is 0 Å². The fourth-order valence-corrected chi connectivity index (χ4v) is 17.0. The largest absolute Gasteiger partial charge is 0.455 e. The molecule has 0 atom stereocenters. The SMILES string of the molecule is c1ccc(-c2nc(-c3ccccc3)c3cc(-c4ccc(-c5cccc6c5oc5ccccc56)cc4)ccc3n2)cc1.c1ccc(-c2nc(-c3ccccc3)c3ccc(-c4ccc(-c5cccc6c5oc5ccccc56)cc4)cc3n2)cc1.c1ccc(-c2nc3cccc(-c4ccc(-c5cccc6c5oc5ccccc56)cc4)c3nc2-c2ccccc2)cc1. The van der Waals surface area contributed by atoms with Crippen LogP contribution in [0.2, 0.25) is 0 Å². The second kappa shape index (κ2) is 31.7. The lowest BCUT2D eigenvalue weighted by molar-refractivity contribution is 0.669. The van der Waals surface area contributed by atoms with Crippen molar-refractivity contribution in [2.75, 3.05) is 0 Å². The third-order valence-corrected chi connectivity index (χ3v) is 23.1. The Hall–Kier alpha value is -16.6. The lowest BCUT2D eigenvalue weighted by Gasteiger charge is -2.13. The van der Waals surface area contributed by atoms with Crippen LogP contribution in [-0.4, -0.2) is 29.9 Å². The molecule has 18 aromatic carbocycles. The summed E-state index contributed by atoms with van der Waals surface area (Å²) >= 11 is 0. The molecule has 0 spiro atoms. The second-order valence-corrected chi connectivity index (χ2v) is 30.6. The van der Waals surface area contributed by atoms with E-state index in [1.54, 1.807) is 0 Å². The van der Waals surface area contributed by atoms with Crippen molar-refractivity contribution in [1.82, 2.24) is 29.9 Å². The quantitative estimate of drug-likeness (QED) is 0.118. The topological polar surface area (TPSA) is 117 Å². The summed E-state index contributed by atoms with van der Waals surface area (Å²) in [5.41, 5.74) is 32.3. The molecule has 576 valence electrons. The molecular formula is C114H72N6O3. The molecule has 0 N–H and O–H groups in total. The Morgan fingerprint density at radius 2 is 0.455 bits per heavy atom. The minimum absolute atomic E-state index is 0.725. The summed E-state index contributed by atoms with van der Waals surface area (Å²) in [5, 5.41) is 8.90. The average molecular weight is 1570 g/mol. The van der Waals surface area contributed by atoms with Crippen molar-refractivity contribution < 1.29 is 13.3 Å². The van der Waals surface area contributed by atoms with E-state index in [0.29, 0.717) is 0 Å². The van der Waals surface area contributed by atoms with Gasteiger partial charge in [0.1, 0.15) is 33.5 Å². The first kappa shape index (κ1) is 72.8. The van der Waals surface area contributed by atoms with Crippen LogP contribution in [-0.2, 0) is 0 Å². The first-order chi connectivity index (χ1) is 61.0. The van der Waals surface area contributed by atoms with Crippen LogP contribution in [0.25, 0.3) is 233 Å². The van der Waals surface area contributed by atoms with Crippen molar-refractivity contribution in [3.05, 3.63) is 437 Å². The van der Waals surface area contributed by atoms with Gasteiger partial charge >= 0.3 is 0 Å². The lowest BCUT2D eigenvalue weighted by Crippen LogP contribution is -1.97. The number of hydrogen-bond acceptors (Lipinski definition) is 9. The molecule has 0 aliphatic rings. The van der Waals surface area contributed by atoms with Crippen molar-refractivity contribution >= 4 is 98.7 Å². The highest BCUT2D eigenvalue weighted by atomic mass is 16.3. The summed E-state index contributed by atoms with van der Waals surface area (Å²) in [6, 6.07) is 151. The molecule has 9 nitrogen and oxygen atoms in total. The molecule has 0 saturated carbocycles. The number of rotatable bonds is 12. The van der Waals surface area contributed by atoms with Crippen molar-refractivity contribution in [3.8, 4) is 135 Å². The standard InChI is InChI=1S/3C38H24N2O/c1-3-11-27(12-4-1)35-36(28-13-5-2-6-14-28)40-37-29(16-10-19-33(37)39-35)25-21-23-26(24-22-25)30-17-9-18-32-31-15-7-8-20-34(31)41-38(30)32;1-3-10-27(11-4-1)36-33-24-29(22-23-34(33)39-38(40-36)28-12-5-2-6-13-28)25-18-20-26(21-19-25)30-15-9-16-32-31-14-7-8-17-35(31)41-37(30)32;1-3-10-27(11-4-1)36-33-23-22-29(24-34(33)39-38(40-36)28-12-5-2-6-13-28)25-18-20-26(21-19-25)30-15-9-16-32-31-14-7-8-17-35(31)41-37(30)32/h3*1-24H. The normalized spacial score (nSPS) is 11.4. The molecule has 6 aromatic heterocycles. The average Bonchev–Trinajstić information content (AvgIpc) is 1.76. The third kappa shape index (κ3) is 13.9. The van der Waals surface area contributed by atoms with Crippen molar-refractivity contribution in [2.45, 2.75) is 0 Å². The summed E-state index contributed by atoms with van der Waals surface area (Å²) in [5.74, 6) is 1.46. The van der Waals surface area contributed by atoms with Gasteiger partial charge in [-0.2, -0.15) is 0 Å². The van der Waals surface area contributed by atoms with Crippen LogP contribution < -0.4 is 0 Å². The van der Waals surface area contributed by atoms with E-state index in [4.69, 9.17) is 43.2 Å². The number of hydrogen-bond donors (Lipinski definition) is 0. The van der Waals surface area contributed by atoms with Crippen molar-refractivity contribution in [2.24, 2.45) is 0 Å². The number of benzene rings is 18. The van der Waals surface area contributed by atoms with E-state index in [0.717, 1.165) is 233 Å². The maximum atomic E-state index is 6.30. The highest BCUT2D eigenvalue weighted by molar-refractivity contribution is 6.13. The molecule has 0 aliphatic heterocycles. The molecule has 9 heteroatoms. The van der Waals surface area contributed by atoms with Gasteiger partial charge in [-0.25, -0.2) is 29.9 Å². The van der Waals surface area contributed by atoms with E-state index in [1.807, 2.05) is 140 Å². The molecule has 0 fully saturated rings. The minimum Gasteiger partial charge on any atom is -0.455 e. The van der Waals surface area contributed by atoms with Crippen molar-refractivity contribution in [1.29, 1.82) is 0 Å². The number of nitrogens with zero attached hydrogens (tertiary/aromatic N) is 6. The molecule has 0 bridgehead atoms. The van der Waals surface area contributed by atoms with Gasteiger partial charge in [0.15, 0.2) is 11.6 Å². The minimum atomic E-state index is 0.725. The molecule has 0 amide bonds. The molecule has 6 heterocycles. The maximum absolute atomic E-state index is 6.30. The Bertz CT molecular complexity index is 8060. The lowest BCUT2D eigenvalue weighted by atomic mass is 9.97. The smallest absolute Gasteiger partial charge is 0.160 e. The fraction of sp³-hybridized carbons (Fsp3) is 0. The van der Waals surface area contributed by atoms with Crippen LogP contribution in [0.5, 0.6) is 0 Å². The molecule has 24 aromatic rings. The van der Waals surface area contributed by atoms with Crippen LogP contribution in [0.3, 0.4) is 0 Å². The highest BCUT2D eigenvalue weighted by Gasteiger charge is 2.22. The zero-order chi connectivity index (χ0) is 81.5. The summed E-state index contributed by atoms with van der Waals surface area (Å²) < 4.78 is 18.9. The van der Waals surface area contributed by atoms with Gasteiger partial charge in [-0.1, -0.05) is 388 Å². The molecule has 24 rings (SSSR count). The summed E-state index contributed by atoms with van der Waals surface area (Å²) in [6.07, 6.45) is 0. The van der Waals surface area contributed by atoms with Crippen LogP contribution in [0.1, 0.15) is 0 Å². The summed E-state index contributed by atoms with van der Waals surface area (Å²) in [6.45, 7) is 0. The Balaban J connectivity index is 0.000000110. The number of fused-ring (bicyclic) bond motifs is 12. The van der Waals surface area contributed by atoms with Crippen LogP contribution >= 0.6 is 0 Å². The molecule has 0 radical (unpaired) electrons. The molecule has 123 heavy (non-hydrogen) atoms. The number of furan rings is 3. The van der Waals surface area contributed by atoms with E-state index in [1.165, 1.54) is 0 Å².